The second kappa shape index (κ2) is 7.04. The Bertz CT molecular complexity index is 777. The molecule has 7 heteroatoms. The van der Waals surface area contributed by atoms with Gasteiger partial charge in [-0.1, -0.05) is 13.8 Å². The highest BCUT2D eigenvalue weighted by Gasteiger charge is 2.15. The summed E-state index contributed by atoms with van der Waals surface area (Å²) < 4.78 is 31.8. The fraction of sp³-hybridized carbons (Fsp3) is 0.250. The van der Waals surface area contributed by atoms with Gasteiger partial charge >= 0.3 is 0 Å². The van der Waals surface area contributed by atoms with Crippen LogP contribution in [-0.2, 0) is 0 Å². The summed E-state index contributed by atoms with van der Waals surface area (Å²) in [4.78, 5) is 7.93. The first-order chi connectivity index (χ1) is 11.0. The number of pyridine rings is 2. The minimum Gasteiger partial charge on any atom is -0.413 e. The molecule has 0 aliphatic rings. The van der Waals surface area contributed by atoms with Gasteiger partial charge in [0, 0.05) is 0 Å². The van der Waals surface area contributed by atoms with Crippen molar-refractivity contribution in [2.75, 3.05) is 0 Å². The van der Waals surface area contributed by atoms with Gasteiger partial charge < -0.3 is 4.42 Å². The molecule has 0 bridgehead atoms. The van der Waals surface area contributed by atoms with E-state index in [1.165, 1.54) is 18.2 Å². The fourth-order valence-corrected chi connectivity index (χ4v) is 1.86. The number of hydrogen-bond donors (Lipinski definition) is 0. The Morgan fingerprint density at radius 2 is 1.61 bits per heavy atom. The van der Waals surface area contributed by atoms with Crippen molar-refractivity contribution in [2.24, 2.45) is 0 Å². The zero-order valence-electron chi connectivity index (χ0n) is 13.3. The van der Waals surface area contributed by atoms with Gasteiger partial charge in [-0.05, 0) is 37.6 Å². The molecule has 0 fully saturated rings. The molecular weight excluding hydrogens is 302 g/mol. The number of rotatable bonds is 2. The molecule has 23 heavy (non-hydrogen) atoms. The first-order valence-electron chi connectivity index (χ1n) is 7.14. The van der Waals surface area contributed by atoms with Crippen molar-refractivity contribution < 1.29 is 13.2 Å². The predicted molar refractivity (Wildman–Crippen MR) is 81.5 cm³/mol. The van der Waals surface area contributed by atoms with E-state index in [9.17, 15) is 8.78 Å². The highest BCUT2D eigenvalue weighted by atomic mass is 19.1. The maximum absolute atomic E-state index is 13.6. The SMILES string of the molecule is CC.Cc1cc(-c2nnc(-c3ccc(F)cn3)o2)nc(C)c1F. The minimum absolute atomic E-state index is 0.145. The molecule has 0 spiro atoms. The van der Waals surface area contributed by atoms with Gasteiger partial charge in [-0.3, -0.25) is 0 Å². The highest BCUT2D eigenvalue weighted by molar-refractivity contribution is 5.53. The van der Waals surface area contributed by atoms with Crippen LogP contribution in [0.2, 0.25) is 0 Å². The zero-order valence-corrected chi connectivity index (χ0v) is 13.3. The summed E-state index contributed by atoms with van der Waals surface area (Å²) in [5.41, 5.74) is 1.43. The summed E-state index contributed by atoms with van der Waals surface area (Å²) in [6.45, 7) is 7.19. The summed E-state index contributed by atoms with van der Waals surface area (Å²) in [6, 6.07) is 4.20. The first kappa shape index (κ1) is 16.7. The lowest BCUT2D eigenvalue weighted by Gasteiger charge is -2.02. The molecule has 0 atom stereocenters. The molecule has 0 unspecified atom stereocenters. The van der Waals surface area contributed by atoms with Gasteiger partial charge in [0.2, 0.25) is 0 Å². The molecule has 0 radical (unpaired) electrons. The molecule has 0 aromatic carbocycles. The van der Waals surface area contributed by atoms with Crippen LogP contribution in [0, 0.1) is 25.5 Å². The van der Waals surface area contributed by atoms with Gasteiger partial charge in [-0.2, -0.15) is 0 Å². The van der Waals surface area contributed by atoms with Crippen molar-refractivity contribution in [1.82, 2.24) is 20.2 Å². The second-order valence-electron chi connectivity index (χ2n) is 4.50. The number of aryl methyl sites for hydroxylation is 2. The standard InChI is InChI=1S/C14H10F2N4O.C2H6/c1-7-5-11(18-8(2)12(7)16)14-20-19-13(21-14)10-4-3-9(15)6-17-10;1-2/h3-6H,1-2H3;1-2H3. The highest BCUT2D eigenvalue weighted by Crippen LogP contribution is 2.23. The van der Waals surface area contributed by atoms with Gasteiger partial charge in [0.15, 0.2) is 0 Å². The molecule has 0 N–H and O–H groups in total. The van der Waals surface area contributed by atoms with Crippen LogP contribution in [0.25, 0.3) is 23.2 Å². The number of nitrogens with zero attached hydrogens (tertiary/aromatic N) is 4. The van der Waals surface area contributed by atoms with E-state index in [1.54, 1.807) is 13.8 Å². The van der Waals surface area contributed by atoms with Crippen LogP contribution >= 0.6 is 0 Å². The van der Waals surface area contributed by atoms with E-state index in [1.807, 2.05) is 13.8 Å². The molecule has 0 saturated carbocycles. The Hall–Kier alpha value is -2.70. The number of hydrogen-bond acceptors (Lipinski definition) is 5. The average molecular weight is 318 g/mol. The third-order valence-corrected chi connectivity index (χ3v) is 2.90. The first-order valence-corrected chi connectivity index (χ1v) is 7.14. The van der Waals surface area contributed by atoms with E-state index in [0.29, 0.717) is 17.0 Å². The normalized spacial score (nSPS) is 10.2. The van der Waals surface area contributed by atoms with E-state index in [0.717, 1.165) is 6.20 Å². The van der Waals surface area contributed by atoms with Crippen LogP contribution in [0.15, 0.2) is 28.8 Å². The van der Waals surface area contributed by atoms with Crippen LogP contribution in [0.4, 0.5) is 8.78 Å². The van der Waals surface area contributed by atoms with Crippen molar-refractivity contribution in [1.29, 1.82) is 0 Å². The molecule has 0 aliphatic heterocycles. The largest absolute Gasteiger partial charge is 0.413 e. The van der Waals surface area contributed by atoms with Crippen molar-refractivity contribution in [3.63, 3.8) is 0 Å². The molecule has 3 aromatic heterocycles. The van der Waals surface area contributed by atoms with Crippen molar-refractivity contribution >= 4 is 0 Å². The fourth-order valence-electron chi connectivity index (χ4n) is 1.86. The maximum Gasteiger partial charge on any atom is 0.266 e. The molecule has 0 amide bonds. The molecule has 120 valence electrons. The Labute approximate surface area is 132 Å². The smallest absolute Gasteiger partial charge is 0.266 e. The van der Waals surface area contributed by atoms with Crippen molar-refractivity contribution in [2.45, 2.75) is 27.7 Å². The Morgan fingerprint density at radius 3 is 2.17 bits per heavy atom. The van der Waals surface area contributed by atoms with E-state index in [2.05, 4.69) is 20.2 Å². The summed E-state index contributed by atoms with van der Waals surface area (Å²) in [7, 11) is 0. The average Bonchev–Trinajstić information content (AvgIpc) is 3.05. The third kappa shape index (κ3) is 3.56. The Balaban J connectivity index is 0.000000924. The predicted octanol–water partition coefficient (Wildman–Crippen LogP) is 4.11. The third-order valence-electron chi connectivity index (χ3n) is 2.90. The van der Waals surface area contributed by atoms with Gasteiger partial charge in [-0.25, -0.2) is 18.7 Å². The molecule has 0 aliphatic carbocycles. The molecule has 3 aromatic rings. The molecule has 3 heterocycles. The number of aromatic nitrogens is 4. The van der Waals surface area contributed by atoms with Gasteiger partial charge in [-0.15, -0.1) is 10.2 Å². The van der Waals surface area contributed by atoms with E-state index >= 15 is 0 Å². The van der Waals surface area contributed by atoms with Gasteiger partial charge in [0.05, 0.1) is 11.9 Å². The minimum atomic E-state index is -0.454. The summed E-state index contributed by atoms with van der Waals surface area (Å²) in [5.74, 6) is -0.516. The Kier molecular flexibility index (Phi) is 5.10. The molecular formula is C16H16F2N4O. The van der Waals surface area contributed by atoms with E-state index in [-0.39, 0.29) is 23.3 Å². The lowest BCUT2D eigenvalue weighted by atomic mass is 10.2. The lowest BCUT2D eigenvalue weighted by Crippen LogP contribution is -1.95. The van der Waals surface area contributed by atoms with Gasteiger partial charge in [0.1, 0.15) is 23.0 Å². The lowest BCUT2D eigenvalue weighted by molar-refractivity contribution is 0.573. The van der Waals surface area contributed by atoms with Crippen LogP contribution in [0.3, 0.4) is 0 Å². The number of halogens is 2. The van der Waals surface area contributed by atoms with Crippen LogP contribution in [-0.4, -0.2) is 20.2 Å². The van der Waals surface area contributed by atoms with E-state index in [4.69, 9.17) is 4.42 Å². The topological polar surface area (TPSA) is 64.7 Å². The molecule has 0 saturated heterocycles. The van der Waals surface area contributed by atoms with Crippen LogP contribution in [0.1, 0.15) is 25.1 Å². The van der Waals surface area contributed by atoms with Crippen LogP contribution < -0.4 is 0 Å². The van der Waals surface area contributed by atoms with Crippen molar-refractivity contribution in [3.05, 3.63) is 47.3 Å². The zero-order chi connectivity index (χ0) is 17.0. The van der Waals surface area contributed by atoms with Crippen LogP contribution in [0.5, 0.6) is 0 Å². The maximum atomic E-state index is 13.6. The molecule has 5 nitrogen and oxygen atoms in total. The summed E-state index contributed by atoms with van der Waals surface area (Å²) in [5, 5.41) is 7.70. The van der Waals surface area contributed by atoms with E-state index < -0.39 is 5.82 Å². The van der Waals surface area contributed by atoms with Gasteiger partial charge in [0.25, 0.3) is 11.8 Å². The Morgan fingerprint density at radius 1 is 0.957 bits per heavy atom. The molecule has 3 rings (SSSR count). The van der Waals surface area contributed by atoms with Crippen molar-refractivity contribution in [3.8, 4) is 23.2 Å². The summed E-state index contributed by atoms with van der Waals surface area (Å²) >= 11 is 0. The summed E-state index contributed by atoms with van der Waals surface area (Å²) in [6.07, 6.45) is 1.06. The quantitative estimate of drug-likeness (QED) is 0.711. The second-order valence-corrected chi connectivity index (χ2v) is 4.50. The monoisotopic (exact) mass is 318 g/mol.